The van der Waals surface area contributed by atoms with Crippen molar-refractivity contribution in [1.82, 2.24) is 0 Å². The van der Waals surface area contributed by atoms with Crippen LogP contribution in [-0.2, 0) is 0 Å². The van der Waals surface area contributed by atoms with Gasteiger partial charge in [-0.1, -0.05) is 0 Å². The van der Waals surface area contributed by atoms with E-state index in [-0.39, 0.29) is 12.1 Å². The first-order chi connectivity index (χ1) is 3.63. The van der Waals surface area contributed by atoms with E-state index in [0.29, 0.717) is 0 Å². The molecule has 2 nitrogen and oxygen atoms in total. The van der Waals surface area contributed by atoms with Gasteiger partial charge in [0, 0.05) is 6.04 Å². The highest BCUT2D eigenvalue weighted by Crippen LogP contribution is 1.97. The van der Waals surface area contributed by atoms with E-state index >= 15 is 0 Å². The number of aliphatic hydroxyl groups excluding tert-OH is 1. The van der Waals surface area contributed by atoms with E-state index in [0.717, 1.165) is 12.8 Å². The summed E-state index contributed by atoms with van der Waals surface area (Å²) >= 11 is 0. The summed E-state index contributed by atoms with van der Waals surface area (Å²) in [7, 11) is 0. The van der Waals surface area contributed by atoms with E-state index in [2.05, 4.69) is 0 Å². The molecule has 0 aromatic heterocycles. The lowest BCUT2D eigenvalue weighted by atomic mass is 10.1. The minimum atomic E-state index is -0.194. The van der Waals surface area contributed by atoms with Gasteiger partial charge in [0.2, 0.25) is 0 Å². The normalized spacial score (nSPS) is 18.0. The Morgan fingerprint density at radius 1 is 1.38 bits per heavy atom. The third-order valence-electron chi connectivity index (χ3n) is 1.04. The van der Waals surface area contributed by atoms with E-state index in [1.54, 1.807) is 6.92 Å². The Hall–Kier alpha value is -0.0800. The van der Waals surface area contributed by atoms with Crippen LogP contribution in [0.15, 0.2) is 0 Å². The van der Waals surface area contributed by atoms with Gasteiger partial charge in [0.1, 0.15) is 0 Å². The molecule has 0 aliphatic carbocycles. The molecule has 0 aliphatic heterocycles. The number of hydrogen-bond acceptors (Lipinski definition) is 2. The largest absolute Gasteiger partial charge is 0.393 e. The Morgan fingerprint density at radius 2 is 1.88 bits per heavy atom. The van der Waals surface area contributed by atoms with Crippen molar-refractivity contribution in [3.05, 3.63) is 0 Å². The van der Waals surface area contributed by atoms with E-state index < -0.39 is 0 Å². The van der Waals surface area contributed by atoms with Gasteiger partial charge in [-0.05, 0) is 26.7 Å². The summed E-state index contributed by atoms with van der Waals surface area (Å²) in [5, 5.41) is 8.75. The highest BCUT2D eigenvalue weighted by atomic mass is 16.3. The van der Waals surface area contributed by atoms with Crippen LogP contribution in [0, 0.1) is 0 Å². The molecule has 0 heterocycles. The minimum Gasteiger partial charge on any atom is -0.393 e. The van der Waals surface area contributed by atoms with Crippen LogP contribution in [0.25, 0.3) is 0 Å². The molecule has 0 spiro atoms. The number of aliphatic hydroxyl groups is 1. The number of rotatable bonds is 3. The van der Waals surface area contributed by atoms with Gasteiger partial charge in [0.15, 0.2) is 0 Å². The van der Waals surface area contributed by atoms with Crippen molar-refractivity contribution < 1.29 is 5.11 Å². The topological polar surface area (TPSA) is 46.2 Å². The van der Waals surface area contributed by atoms with E-state index in [9.17, 15) is 0 Å². The molecule has 0 aliphatic rings. The minimum absolute atomic E-state index is 0.194. The maximum atomic E-state index is 8.75. The van der Waals surface area contributed by atoms with Gasteiger partial charge in [-0.3, -0.25) is 0 Å². The highest BCUT2D eigenvalue weighted by Gasteiger charge is 1.97. The second-order valence-corrected chi connectivity index (χ2v) is 2.40. The van der Waals surface area contributed by atoms with Crippen LogP contribution >= 0.6 is 0 Å². The van der Waals surface area contributed by atoms with E-state index in [4.69, 9.17) is 10.8 Å². The third-order valence-corrected chi connectivity index (χ3v) is 1.04. The Labute approximate surface area is 50.7 Å². The summed E-state index contributed by atoms with van der Waals surface area (Å²) in [6, 6.07) is 0.226. The summed E-state index contributed by atoms with van der Waals surface area (Å²) in [6.45, 7) is 3.73. The summed E-state index contributed by atoms with van der Waals surface area (Å²) in [4.78, 5) is 0. The van der Waals surface area contributed by atoms with Crippen LogP contribution in [0.4, 0.5) is 0 Å². The van der Waals surface area contributed by atoms with Gasteiger partial charge < -0.3 is 10.8 Å². The molecule has 2 atom stereocenters. The van der Waals surface area contributed by atoms with Crippen LogP contribution in [0.1, 0.15) is 26.7 Å². The Bertz CT molecular complexity index is 44.5. The lowest BCUT2D eigenvalue weighted by Crippen LogP contribution is -2.16. The average Bonchev–Trinajstić information content (AvgIpc) is 1.61. The first-order valence-corrected chi connectivity index (χ1v) is 3.06. The fourth-order valence-electron chi connectivity index (χ4n) is 0.504. The molecular formula is C6H15NO. The first kappa shape index (κ1) is 7.92. The lowest BCUT2D eigenvalue weighted by molar-refractivity contribution is 0.179. The summed E-state index contributed by atoms with van der Waals surface area (Å²) in [5.74, 6) is 0. The number of nitrogens with two attached hydrogens (primary N) is 1. The molecule has 0 saturated heterocycles. The van der Waals surface area contributed by atoms with Crippen molar-refractivity contribution in [3.63, 3.8) is 0 Å². The summed E-state index contributed by atoms with van der Waals surface area (Å²) in [6.07, 6.45) is 1.54. The maximum absolute atomic E-state index is 8.75. The standard InChI is InChI=1S/C6H15NO/c1-5(7)3-4-6(2)8/h5-6,8H,3-4,7H2,1-2H3/t5-,6-/m0/s1. The predicted molar refractivity (Wildman–Crippen MR) is 34.6 cm³/mol. The molecule has 0 saturated carbocycles. The van der Waals surface area contributed by atoms with Gasteiger partial charge in [-0.25, -0.2) is 0 Å². The molecular weight excluding hydrogens is 102 g/mol. The van der Waals surface area contributed by atoms with Gasteiger partial charge in [-0.15, -0.1) is 0 Å². The SMILES string of the molecule is C[C@H](N)CC[C@H](C)O. The zero-order valence-electron chi connectivity index (χ0n) is 5.59. The highest BCUT2D eigenvalue weighted by molar-refractivity contribution is 4.55. The summed E-state index contributed by atoms with van der Waals surface area (Å²) in [5.41, 5.74) is 5.43. The predicted octanol–water partition coefficient (Wildman–Crippen LogP) is 0.495. The molecule has 8 heavy (non-hydrogen) atoms. The maximum Gasteiger partial charge on any atom is 0.0512 e. The van der Waals surface area contributed by atoms with Gasteiger partial charge in [0.25, 0.3) is 0 Å². The number of hydrogen-bond donors (Lipinski definition) is 2. The van der Waals surface area contributed by atoms with Crippen molar-refractivity contribution in [2.75, 3.05) is 0 Å². The molecule has 0 rings (SSSR count). The molecule has 0 amide bonds. The molecule has 0 bridgehead atoms. The molecule has 3 N–H and O–H groups in total. The fourth-order valence-corrected chi connectivity index (χ4v) is 0.504. The van der Waals surface area contributed by atoms with Crippen molar-refractivity contribution in [2.24, 2.45) is 5.73 Å². The molecule has 50 valence electrons. The molecule has 0 aromatic rings. The van der Waals surface area contributed by atoms with E-state index in [1.807, 2.05) is 6.92 Å². The monoisotopic (exact) mass is 117 g/mol. The first-order valence-electron chi connectivity index (χ1n) is 3.06. The van der Waals surface area contributed by atoms with Crippen LogP contribution in [-0.4, -0.2) is 17.3 Å². The second kappa shape index (κ2) is 3.87. The fraction of sp³-hybridized carbons (Fsp3) is 1.00. The quantitative estimate of drug-likeness (QED) is 0.565. The van der Waals surface area contributed by atoms with E-state index in [1.165, 1.54) is 0 Å². The second-order valence-electron chi connectivity index (χ2n) is 2.40. The molecule has 0 fully saturated rings. The molecule has 0 unspecified atom stereocenters. The zero-order valence-corrected chi connectivity index (χ0v) is 5.59. The smallest absolute Gasteiger partial charge is 0.0512 e. The summed E-state index contributed by atoms with van der Waals surface area (Å²) < 4.78 is 0. The molecule has 0 aromatic carbocycles. The van der Waals surface area contributed by atoms with Crippen LogP contribution in [0.2, 0.25) is 0 Å². The van der Waals surface area contributed by atoms with Gasteiger partial charge in [-0.2, -0.15) is 0 Å². The van der Waals surface area contributed by atoms with Crippen molar-refractivity contribution >= 4 is 0 Å². The van der Waals surface area contributed by atoms with Crippen LogP contribution < -0.4 is 5.73 Å². The Kier molecular flexibility index (Phi) is 3.83. The van der Waals surface area contributed by atoms with Crippen LogP contribution in [0.3, 0.4) is 0 Å². The van der Waals surface area contributed by atoms with Crippen molar-refractivity contribution in [3.8, 4) is 0 Å². The van der Waals surface area contributed by atoms with Crippen molar-refractivity contribution in [2.45, 2.75) is 38.8 Å². The van der Waals surface area contributed by atoms with Crippen LogP contribution in [0.5, 0.6) is 0 Å². The Morgan fingerprint density at radius 3 is 2.00 bits per heavy atom. The average molecular weight is 117 g/mol. The van der Waals surface area contributed by atoms with Crippen molar-refractivity contribution in [1.29, 1.82) is 0 Å². The van der Waals surface area contributed by atoms with Gasteiger partial charge >= 0.3 is 0 Å². The lowest BCUT2D eigenvalue weighted by Gasteiger charge is -2.05. The third kappa shape index (κ3) is 5.92. The Balaban J connectivity index is 2.93. The molecule has 2 heteroatoms. The molecule has 0 radical (unpaired) electrons. The van der Waals surface area contributed by atoms with Gasteiger partial charge in [0.05, 0.1) is 6.10 Å². The zero-order chi connectivity index (χ0) is 6.57.